The summed E-state index contributed by atoms with van der Waals surface area (Å²) in [5.41, 5.74) is 4.35. The molecule has 1 aliphatic rings. The number of halogens is 1. The van der Waals surface area contributed by atoms with Crippen LogP contribution in [0, 0.1) is 5.82 Å². The van der Waals surface area contributed by atoms with Crippen molar-refractivity contribution in [2.24, 2.45) is 0 Å². The Morgan fingerprint density at radius 2 is 1.67 bits per heavy atom. The van der Waals surface area contributed by atoms with E-state index in [0.717, 1.165) is 61.4 Å². The number of carbonyl (C=O) groups is 1. The van der Waals surface area contributed by atoms with Gasteiger partial charge in [0.1, 0.15) is 5.82 Å². The van der Waals surface area contributed by atoms with E-state index < -0.39 is 0 Å². The number of benzene rings is 3. The molecule has 0 bridgehead atoms. The van der Waals surface area contributed by atoms with Crippen LogP contribution >= 0.6 is 0 Å². The number of carbonyl (C=O) groups excluding carboxylic acids is 1. The number of morpholine rings is 1. The molecule has 0 unspecified atom stereocenters. The maximum Gasteiger partial charge on any atom is 0.220 e. The van der Waals surface area contributed by atoms with E-state index in [9.17, 15) is 9.18 Å². The fourth-order valence-corrected chi connectivity index (χ4v) is 5.00. The van der Waals surface area contributed by atoms with Gasteiger partial charge >= 0.3 is 0 Å². The van der Waals surface area contributed by atoms with E-state index in [2.05, 4.69) is 45.2 Å². The number of hydrogen-bond donors (Lipinski definition) is 1. The molecule has 1 amide bonds. The van der Waals surface area contributed by atoms with Gasteiger partial charge in [-0.2, -0.15) is 0 Å². The van der Waals surface area contributed by atoms with Crippen LogP contribution in [0.2, 0.25) is 0 Å². The topological polar surface area (TPSA) is 46.5 Å². The zero-order chi connectivity index (χ0) is 24.7. The van der Waals surface area contributed by atoms with E-state index in [1.54, 1.807) is 12.1 Å². The number of amides is 1. The summed E-state index contributed by atoms with van der Waals surface area (Å²) in [5.74, 6) is -0.465. The zero-order valence-corrected chi connectivity index (χ0v) is 20.4. The van der Waals surface area contributed by atoms with Crippen LogP contribution in [0.25, 0.3) is 10.9 Å². The van der Waals surface area contributed by atoms with E-state index in [-0.39, 0.29) is 17.6 Å². The number of hydrogen-bond acceptors (Lipinski definition) is 3. The molecule has 3 aromatic carbocycles. The fraction of sp³-hybridized carbons (Fsp3) is 0.300. The Labute approximate surface area is 211 Å². The molecular formula is C30H32FN3O2. The molecule has 2 heterocycles. The van der Waals surface area contributed by atoms with Gasteiger partial charge in [0.15, 0.2) is 0 Å². The van der Waals surface area contributed by atoms with Gasteiger partial charge in [0.2, 0.25) is 5.91 Å². The minimum absolute atomic E-state index is 0.00234. The molecule has 0 spiro atoms. The van der Waals surface area contributed by atoms with Gasteiger partial charge in [-0.05, 0) is 34.9 Å². The molecule has 1 saturated heterocycles. The summed E-state index contributed by atoms with van der Waals surface area (Å²) in [5, 5.41) is 4.22. The van der Waals surface area contributed by atoms with Crippen molar-refractivity contribution in [2.75, 3.05) is 39.4 Å². The standard InChI is InChI=1S/C30H32FN3O2/c31-25-12-10-24(11-13-25)27(20-30(35)32-14-15-33-16-18-36-19-17-33)28-22-34(21-23-6-2-1-3-7-23)29-9-5-4-8-26(28)29/h1-13,22,27H,14-21H2,(H,32,35)/t27-/m1/s1. The normalized spacial score (nSPS) is 15.1. The monoisotopic (exact) mass is 485 g/mol. The molecule has 4 aromatic rings. The SMILES string of the molecule is O=C(C[C@H](c1ccc(F)cc1)c1cn(Cc2ccccc2)c2ccccc12)NCCN1CCOCC1. The average molecular weight is 486 g/mol. The summed E-state index contributed by atoms with van der Waals surface area (Å²) < 4.78 is 21.4. The Kier molecular flexibility index (Phi) is 7.74. The molecule has 1 N–H and O–H groups in total. The highest BCUT2D eigenvalue weighted by atomic mass is 19.1. The van der Waals surface area contributed by atoms with Crippen LogP contribution in [0.15, 0.2) is 85.1 Å². The first-order valence-corrected chi connectivity index (χ1v) is 12.6. The van der Waals surface area contributed by atoms with E-state index in [1.165, 1.54) is 17.7 Å². The number of nitrogens with zero attached hydrogens (tertiary/aromatic N) is 2. The van der Waals surface area contributed by atoms with Crippen LogP contribution < -0.4 is 5.32 Å². The van der Waals surface area contributed by atoms with Gasteiger partial charge in [-0.15, -0.1) is 0 Å². The molecule has 1 aromatic heterocycles. The first kappa shape index (κ1) is 24.2. The van der Waals surface area contributed by atoms with Crippen LogP contribution in [-0.4, -0.2) is 54.8 Å². The van der Waals surface area contributed by atoms with Crippen molar-refractivity contribution in [3.8, 4) is 0 Å². The number of fused-ring (bicyclic) bond motifs is 1. The molecule has 5 rings (SSSR count). The number of para-hydroxylation sites is 1. The second-order valence-corrected chi connectivity index (χ2v) is 9.33. The van der Waals surface area contributed by atoms with Crippen molar-refractivity contribution < 1.29 is 13.9 Å². The molecule has 186 valence electrons. The summed E-state index contributed by atoms with van der Waals surface area (Å²) in [6.07, 6.45) is 2.46. The predicted molar refractivity (Wildman–Crippen MR) is 141 cm³/mol. The highest BCUT2D eigenvalue weighted by Gasteiger charge is 2.23. The van der Waals surface area contributed by atoms with Crippen molar-refractivity contribution in [1.82, 2.24) is 14.8 Å². The molecule has 1 fully saturated rings. The van der Waals surface area contributed by atoms with Crippen LogP contribution in [-0.2, 0) is 16.1 Å². The minimum atomic E-state index is -0.279. The Hall–Kier alpha value is -3.48. The van der Waals surface area contributed by atoms with Crippen LogP contribution in [0.4, 0.5) is 4.39 Å². The van der Waals surface area contributed by atoms with Gasteiger partial charge in [-0.3, -0.25) is 9.69 Å². The van der Waals surface area contributed by atoms with E-state index >= 15 is 0 Å². The first-order chi connectivity index (χ1) is 17.7. The molecule has 0 saturated carbocycles. The summed E-state index contributed by atoms with van der Waals surface area (Å²) in [7, 11) is 0. The number of aromatic nitrogens is 1. The third-order valence-electron chi connectivity index (χ3n) is 6.91. The maximum absolute atomic E-state index is 13.8. The van der Waals surface area contributed by atoms with E-state index in [0.29, 0.717) is 13.0 Å². The van der Waals surface area contributed by atoms with Crippen LogP contribution in [0.3, 0.4) is 0 Å². The highest BCUT2D eigenvalue weighted by Crippen LogP contribution is 2.35. The number of ether oxygens (including phenoxy) is 1. The average Bonchev–Trinajstić information content (AvgIpc) is 3.27. The predicted octanol–water partition coefficient (Wildman–Crippen LogP) is 4.80. The van der Waals surface area contributed by atoms with Gasteiger partial charge in [0.05, 0.1) is 13.2 Å². The second-order valence-electron chi connectivity index (χ2n) is 9.33. The van der Waals surface area contributed by atoms with Gasteiger partial charge in [0.25, 0.3) is 0 Å². The van der Waals surface area contributed by atoms with Gasteiger partial charge in [-0.25, -0.2) is 4.39 Å². The van der Waals surface area contributed by atoms with Gasteiger partial charge < -0.3 is 14.6 Å². The number of nitrogens with one attached hydrogen (secondary N) is 1. The molecule has 1 aliphatic heterocycles. The quantitative estimate of drug-likeness (QED) is 0.371. The lowest BCUT2D eigenvalue weighted by Gasteiger charge is -2.26. The largest absolute Gasteiger partial charge is 0.379 e. The number of rotatable bonds is 9. The summed E-state index contributed by atoms with van der Waals surface area (Å²) in [6.45, 7) is 5.44. The lowest BCUT2D eigenvalue weighted by molar-refractivity contribution is -0.121. The minimum Gasteiger partial charge on any atom is -0.379 e. The van der Waals surface area contributed by atoms with Crippen molar-refractivity contribution in [1.29, 1.82) is 0 Å². The molecule has 0 radical (unpaired) electrons. The molecule has 36 heavy (non-hydrogen) atoms. The fourth-order valence-electron chi connectivity index (χ4n) is 5.00. The second kappa shape index (κ2) is 11.5. The molecular weight excluding hydrogens is 453 g/mol. The van der Waals surface area contributed by atoms with E-state index in [4.69, 9.17) is 4.74 Å². The summed E-state index contributed by atoms with van der Waals surface area (Å²) in [4.78, 5) is 15.4. The Bertz CT molecular complexity index is 1280. The van der Waals surface area contributed by atoms with Crippen molar-refractivity contribution in [3.63, 3.8) is 0 Å². The zero-order valence-electron chi connectivity index (χ0n) is 20.4. The first-order valence-electron chi connectivity index (χ1n) is 12.6. The maximum atomic E-state index is 13.8. The Morgan fingerprint density at radius 1 is 0.944 bits per heavy atom. The van der Waals surface area contributed by atoms with Gasteiger partial charge in [-0.1, -0.05) is 60.7 Å². The van der Waals surface area contributed by atoms with Crippen molar-refractivity contribution in [2.45, 2.75) is 18.9 Å². The Balaban J connectivity index is 1.41. The highest BCUT2D eigenvalue weighted by molar-refractivity contribution is 5.86. The smallest absolute Gasteiger partial charge is 0.220 e. The molecule has 5 nitrogen and oxygen atoms in total. The third kappa shape index (κ3) is 5.83. The van der Waals surface area contributed by atoms with Gasteiger partial charge in [0, 0.05) is 62.2 Å². The lowest BCUT2D eigenvalue weighted by atomic mass is 9.88. The summed E-state index contributed by atoms with van der Waals surface area (Å²) >= 11 is 0. The van der Waals surface area contributed by atoms with Crippen LogP contribution in [0.1, 0.15) is 29.0 Å². The van der Waals surface area contributed by atoms with Crippen LogP contribution in [0.5, 0.6) is 0 Å². The van der Waals surface area contributed by atoms with E-state index in [1.807, 2.05) is 30.3 Å². The lowest BCUT2D eigenvalue weighted by Crippen LogP contribution is -2.41. The third-order valence-corrected chi connectivity index (χ3v) is 6.91. The molecule has 1 atom stereocenters. The molecule has 6 heteroatoms. The van der Waals surface area contributed by atoms with Crippen molar-refractivity contribution >= 4 is 16.8 Å². The molecule has 0 aliphatic carbocycles. The summed E-state index contributed by atoms with van der Waals surface area (Å²) in [6, 6.07) is 25.2. The van der Waals surface area contributed by atoms with Crippen molar-refractivity contribution in [3.05, 3.63) is 108 Å². The Morgan fingerprint density at radius 3 is 2.44 bits per heavy atom.